The van der Waals surface area contributed by atoms with Crippen LogP contribution in [0.5, 0.6) is 0 Å². The molecule has 2 nitrogen and oxygen atoms in total. The third-order valence-corrected chi connectivity index (χ3v) is 2.47. The molecule has 0 N–H and O–H groups in total. The van der Waals surface area contributed by atoms with Crippen molar-refractivity contribution in [2.75, 3.05) is 0 Å². The van der Waals surface area contributed by atoms with Gasteiger partial charge in [0, 0.05) is 37.7 Å². The summed E-state index contributed by atoms with van der Waals surface area (Å²) >= 11 is 1.55. The van der Waals surface area contributed by atoms with Crippen molar-refractivity contribution < 1.29 is 32.7 Å². The van der Waals surface area contributed by atoms with Gasteiger partial charge in [-0.1, -0.05) is 12.1 Å². The molecule has 0 atom stereocenters. The number of thiazole rings is 1. The van der Waals surface area contributed by atoms with Gasteiger partial charge in [-0.2, -0.15) is 0 Å². The molecule has 0 amide bonds. The first kappa shape index (κ1) is 11.7. The average molecular weight is 275 g/mol. The van der Waals surface area contributed by atoms with Crippen molar-refractivity contribution in [3.05, 3.63) is 42.1 Å². The molecule has 0 aliphatic carbocycles. The first-order valence-corrected chi connectivity index (χ1v) is 4.56. The van der Waals surface area contributed by atoms with E-state index >= 15 is 0 Å². The Kier molecular flexibility index (Phi) is 4.59. The molecule has 0 fully saturated rings. The van der Waals surface area contributed by atoms with Crippen molar-refractivity contribution in [1.29, 1.82) is 0 Å². The zero-order valence-corrected chi connectivity index (χ0v) is 11.0. The molecule has 2 aromatic rings. The Morgan fingerprint density at radius 3 is 2.93 bits per heavy atom. The molecule has 0 aliphatic rings. The first-order valence-electron chi connectivity index (χ1n) is 3.75. The van der Waals surface area contributed by atoms with E-state index in [1.165, 1.54) is 6.20 Å². The number of hydrogen-bond acceptors (Lipinski definition) is 3. The quantitative estimate of drug-likeness (QED) is 0.610. The van der Waals surface area contributed by atoms with Gasteiger partial charge in [-0.25, -0.2) is 0 Å². The molecule has 0 bridgehead atoms. The predicted octanol–water partition coefficient (Wildman–Crippen LogP) is 2.54. The third kappa shape index (κ3) is 2.56. The van der Waals surface area contributed by atoms with Gasteiger partial charge in [-0.3, -0.25) is 4.98 Å². The van der Waals surface area contributed by atoms with Crippen molar-refractivity contribution in [2.24, 2.45) is 4.99 Å². The zero-order chi connectivity index (χ0) is 9.10. The van der Waals surface area contributed by atoms with Gasteiger partial charge >= 0.3 is 0 Å². The van der Waals surface area contributed by atoms with Gasteiger partial charge in [0.1, 0.15) is 0 Å². The van der Waals surface area contributed by atoms with Gasteiger partial charge < -0.3 is 17.8 Å². The van der Waals surface area contributed by atoms with E-state index in [-0.39, 0.29) is 32.7 Å². The smallest absolute Gasteiger partial charge is 0.0800 e. The standard InChI is InChI=1S/C10H6N2S.Y/c1-2-11-7-10-12-8-5-3-4-6-9(8)13-10;/h1-6H;/q-2;. The summed E-state index contributed by atoms with van der Waals surface area (Å²) in [5.41, 5.74) is 0.974. The average Bonchev–Trinajstić information content (AvgIpc) is 2.57. The number of fused-ring (bicyclic) bond motifs is 1. The summed E-state index contributed by atoms with van der Waals surface area (Å²) in [6.07, 6.45) is 3.94. The Morgan fingerprint density at radius 1 is 1.43 bits per heavy atom. The van der Waals surface area contributed by atoms with E-state index in [0.29, 0.717) is 0 Å². The zero-order valence-electron chi connectivity index (χ0n) is 7.34. The molecule has 0 saturated carbocycles. The van der Waals surface area contributed by atoms with Crippen LogP contribution in [0.2, 0.25) is 0 Å². The second-order valence-electron chi connectivity index (χ2n) is 2.38. The van der Waals surface area contributed by atoms with Crippen LogP contribution in [0.3, 0.4) is 0 Å². The summed E-state index contributed by atoms with van der Waals surface area (Å²) in [4.78, 5) is 7.98. The molecule has 14 heavy (non-hydrogen) atoms. The van der Waals surface area contributed by atoms with E-state index in [0.717, 1.165) is 15.2 Å². The topological polar surface area (TPSA) is 25.2 Å². The molecule has 0 saturated heterocycles. The molecule has 67 valence electrons. The van der Waals surface area contributed by atoms with Crippen molar-refractivity contribution in [1.82, 2.24) is 4.98 Å². The van der Waals surface area contributed by atoms with Gasteiger partial charge in [0.05, 0.1) is 10.2 Å². The molecule has 0 aliphatic heterocycles. The monoisotopic (exact) mass is 275 g/mol. The second-order valence-corrected chi connectivity index (χ2v) is 3.41. The summed E-state index contributed by atoms with van der Waals surface area (Å²) in [5.74, 6) is 0. The second kappa shape index (κ2) is 5.49. The molecule has 0 unspecified atom stereocenters. The fourth-order valence-corrected chi connectivity index (χ4v) is 1.83. The summed E-state index contributed by atoms with van der Waals surface area (Å²) in [7, 11) is 0. The van der Waals surface area contributed by atoms with Crippen LogP contribution in [0, 0.1) is 6.58 Å². The number of para-hydroxylation sites is 1. The molecule has 4 heteroatoms. The van der Waals surface area contributed by atoms with E-state index in [9.17, 15) is 0 Å². The normalized spacial score (nSPS) is 10.3. The third-order valence-electron chi connectivity index (χ3n) is 1.53. The van der Waals surface area contributed by atoms with E-state index in [4.69, 9.17) is 6.58 Å². The number of aliphatic imine (C=N–C) groups is 1. The summed E-state index contributed by atoms with van der Waals surface area (Å²) in [5, 5.41) is 0.753. The van der Waals surface area contributed by atoms with Crippen molar-refractivity contribution in [2.45, 2.75) is 0 Å². The van der Waals surface area contributed by atoms with Crippen LogP contribution in [-0.2, 0) is 32.7 Å². The Balaban J connectivity index is 0.000000980. The number of aromatic nitrogens is 1. The van der Waals surface area contributed by atoms with Gasteiger partial charge in [0.15, 0.2) is 0 Å². The predicted molar refractivity (Wildman–Crippen MR) is 55.0 cm³/mol. The maximum Gasteiger partial charge on any atom is 0.0800 e. The van der Waals surface area contributed by atoms with E-state index in [1.54, 1.807) is 11.3 Å². The fourth-order valence-electron chi connectivity index (χ4n) is 1.01. The van der Waals surface area contributed by atoms with E-state index in [2.05, 4.69) is 16.2 Å². The van der Waals surface area contributed by atoms with Crippen LogP contribution in [0.1, 0.15) is 5.01 Å². The van der Waals surface area contributed by atoms with Crippen LogP contribution < -0.4 is 0 Å². The Morgan fingerprint density at radius 2 is 2.21 bits per heavy atom. The van der Waals surface area contributed by atoms with Crippen LogP contribution >= 0.6 is 11.3 Å². The van der Waals surface area contributed by atoms with Crippen molar-refractivity contribution >= 4 is 27.8 Å². The van der Waals surface area contributed by atoms with E-state index in [1.807, 2.05) is 24.3 Å². The number of rotatable bonds is 2. The van der Waals surface area contributed by atoms with E-state index < -0.39 is 0 Å². The molecule has 1 aromatic carbocycles. The van der Waals surface area contributed by atoms with Gasteiger partial charge in [0.2, 0.25) is 0 Å². The minimum Gasteiger partial charge on any atom is -0.601 e. The molecular formula is C10H6N2SY-2. The fraction of sp³-hybridized carbons (Fsp3) is 0. The summed E-state index contributed by atoms with van der Waals surface area (Å²) in [6, 6.07) is 7.92. The van der Waals surface area contributed by atoms with Crippen molar-refractivity contribution in [3.63, 3.8) is 0 Å². The molecule has 2 rings (SSSR count). The van der Waals surface area contributed by atoms with Gasteiger partial charge in [-0.05, 0) is 12.1 Å². The van der Waals surface area contributed by atoms with Crippen LogP contribution in [0.4, 0.5) is 0 Å². The molecule has 1 aromatic heterocycles. The molecule has 1 heterocycles. The Labute approximate surface area is 112 Å². The maximum atomic E-state index is 5.09. The largest absolute Gasteiger partial charge is 0.601 e. The Hall–Kier alpha value is -0.376. The van der Waals surface area contributed by atoms with Crippen molar-refractivity contribution in [3.8, 4) is 0 Å². The molecule has 0 spiro atoms. The number of hydrogen-bond donors (Lipinski definition) is 0. The summed E-state index contributed by atoms with van der Waals surface area (Å²) < 4.78 is 1.14. The number of benzene rings is 1. The minimum absolute atomic E-state index is 0. The van der Waals surface area contributed by atoms with Crippen LogP contribution in [0.25, 0.3) is 10.2 Å². The van der Waals surface area contributed by atoms with Crippen LogP contribution in [0.15, 0.2) is 35.5 Å². The summed E-state index contributed by atoms with van der Waals surface area (Å²) in [6.45, 7) is 5.09. The molecular weight excluding hydrogens is 269 g/mol. The first-order chi connectivity index (χ1) is 6.40. The molecule has 1 radical (unpaired) electrons. The Bertz CT molecular complexity index is 429. The van der Waals surface area contributed by atoms with Crippen LogP contribution in [-0.4, -0.2) is 11.2 Å². The minimum atomic E-state index is 0. The SMILES string of the molecule is [CH-]=CN=[C-]c1nc2ccccc2s1.[Y]. The van der Waals surface area contributed by atoms with Gasteiger partial charge in [-0.15, -0.1) is 17.6 Å². The number of nitrogens with zero attached hydrogens (tertiary/aromatic N) is 2. The van der Waals surface area contributed by atoms with Gasteiger partial charge in [0.25, 0.3) is 0 Å². The maximum absolute atomic E-state index is 5.09.